The van der Waals surface area contributed by atoms with Gasteiger partial charge in [0.05, 0.1) is 6.61 Å². The molecular weight excluding hydrogens is 422 g/mol. The smallest absolute Gasteiger partial charge is 0.173 e. The summed E-state index contributed by atoms with van der Waals surface area (Å²) in [6.07, 6.45) is 2.75. The molecule has 2 rings (SSSR count). The summed E-state index contributed by atoms with van der Waals surface area (Å²) in [4.78, 5) is 0. The average molecular weight is 466 g/mol. The maximum Gasteiger partial charge on any atom is 0.173 e. The van der Waals surface area contributed by atoms with E-state index < -0.39 is 5.54 Å². The molecule has 182 valence electrons. The standard InChI is InChI=1S/C27H41NO2.ClH.H2O/c1-9-21-24(27(7,8)28)22(16-18(3)4)23(17-19(5)6)26(25(21)29-10-2)30-20-14-12-11-13-15-20;;/h11-15,18-19H,9-10,16-17,28H2,1-8H3;1H;1H2. The van der Waals surface area contributed by atoms with Crippen LogP contribution in [0.5, 0.6) is 17.2 Å². The van der Waals surface area contributed by atoms with Crippen molar-refractivity contribution < 1.29 is 14.9 Å². The summed E-state index contributed by atoms with van der Waals surface area (Å²) in [7, 11) is 0. The molecule has 5 heteroatoms. The second-order valence-electron chi connectivity index (χ2n) is 9.59. The largest absolute Gasteiger partial charge is 0.490 e. The Hall–Kier alpha value is -1.75. The second-order valence-corrected chi connectivity index (χ2v) is 9.59. The van der Waals surface area contributed by atoms with Crippen molar-refractivity contribution >= 4 is 12.4 Å². The Morgan fingerprint density at radius 2 is 1.38 bits per heavy atom. The van der Waals surface area contributed by atoms with Gasteiger partial charge in [0, 0.05) is 16.7 Å². The Labute approximate surface area is 201 Å². The van der Waals surface area contributed by atoms with Crippen molar-refractivity contribution in [3.05, 3.63) is 52.6 Å². The third-order valence-corrected chi connectivity index (χ3v) is 5.20. The second kappa shape index (κ2) is 13.1. The lowest BCUT2D eigenvalue weighted by molar-refractivity contribution is 0.313. The van der Waals surface area contributed by atoms with Crippen molar-refractivity contribution in [3.63, 3.8) is 0 Å². The van der Waals surface area contributed by atoms with Crippen LogP contribution in [0.15, 0.2) is 30.3 Å². The highest BCUT2D eigenvalue weighted by molar-refractivity contribution is 5.85. The van der Waals surface area contributed by atoms with Gasteiger partial charge in [-0.15, -0.1) is 12.4 Å². The molecule has 0 unspecified atom stereocenters. The van der Waals surface area contributed by atoms with E-state index in [1.165, 1.54) is 22.3 Å². The van der Waals surface area contributed by atoms with E-state index in [2.05, 4.69) is 48.5 Å². The van der Waals surface area contributed by atoms with Crippen LogP contribution < -0.4 is 15.2 Å². The van der Waals surface area contributed by atoms with Crippen molar-refractivity contribution in [1.82, 2.24) is 0 Å². The van der Waals surface area contributed by atoms with Crippen LogP contribution in [-0.4, -0.2) is 12.1 Å². The molecule has 0 fully saturated rings. The summed E-state index contributed by atoms with van der Waals surface area (Å²) in [5.41, 5.74) is 11.3. The van der Waals surface area contributed by atoms with Crippen LogP contribution in [-0.2, 0) is 24.8 Å². The van der Waals surface area contributed by atoms with E-state index in [9.17, 15) is 0 Å². The Morgan fingerprint density at radius 1 is 0.844 bits per heavy atom. The molecule has 0 saturated carbocycles. The summed E-state index contributed by atoms with van der Waals surface area (Å²) < 4.78 is 12.8. The van der Waals surface area contributed by atoms with Crippen LogP contribution in [0, 0.1) is 11.8 Å². The fraction of sp³-hybridized carbons (Fsp3) is 0.556. The molecule has 0 aliphatic carbocycles. The van der Waals surface area contributed by atoms with Crippen molar-refractivity contribution in [2.24, 2.45) is 17.6 Å². The molecule has 2 aromatic rings. The third kappa shape index (κ3) is 7.40. The van der Waals surface area contributed by atoms with Crippen LogP contribution in [0.1, 0.15) is 77.6 Å². The minimum Gasteiger partial charge on any atom is -0.490 e. The van der Waals surface area contributed by atoms with E-state index in [0.717, 1.165) is 36.5 Å². The average Bonchev–Trinajstić information content (AvgIpc) is 2.65. The van der Waals surface area contributed by atoms with Gasteiger partial charge in [0.15, 0.2) is 11.5 Å². The van der Waals surface area contributed by atoms with Gasteiger partial charge in [-0.05, 0) is 75.1 Å². The lowest BCUT2D eigenvalue weighted by atomic mass is 9.78. The number of hydrogen-bond acceptors (Lipinski definition) is 3. The molecular formula is C27H44ClNO3. The molecule has 4 N–H and O–H groups in total. The third-order valence-electron chi connectivity index (χ3n) is 5.20. The number of nitrogens with two attached hydrogens (primary N) is 1. The Morgan fingerprint density at radius 3 is 1.81 bits per heavy atom. The van der Waals surface area contributed by atoms with E-state index in [1.54, 1.807) is 0 Å². The molecule has 0 amide bonds. The van der Waals surface area contributed by atoms with E-state index in [0.29, 0.717) is 18.4 Å². The van der Waals surface area contributed by atoms with Crippen LogP contribution in [0.4, 0.5) is 0 Å². The topological polar surface area (TPSA) is 76.0 Å². The highest BCUT2D eigenvalue weighted by atomic mass is 35.5. The van der Waals surface area contributed by atoms with Crippen LogP contribution in [0.25, 0.3) is 0 Å². The van der Waals surface area contributed by atoms with Gasteiger partial charge in [0.25, 0.3) is 0 Å². The quantitative estimate of drug-likeness (QED) is 0.427. The van der Waals surface area contributed by atoms with Gasteiger partial charge in [0.1, 0.15) is 5.75 Å². The van der Waals surface area contributed by atoms with Gasteiger partial charge in [-0.1, -0.05) is 52.8 Å². The molecule has 0 radical (unpaired) electrons. The number of para-hydroxylation sites is 1. The summed E-state index contributed by atoms with van der Waals surface area (Å²) in [6.45, 7) is 18.1. The number of benzene rings is 2. The van der Waals surface area contributed by atoms with E-state index in [4.69, 9.17) is 15.2 Å². The number of hydrogen-bond donors (Lipinski definition) is 1. The van der Waals surface area contributed by atoms with Gasteiger partial charge in [-0.25, -0.2) is 0 Å². The fourth-order valence-corrected chi connectivity index (χ4v) is 4.24. The van der Waals surface area contributed by atoms with E-state index in [1.807, 2.05) is 37.3 Å². The van der Waals surface area contributed by atoms with Gasteiger partial charge in [0.2, 0.25) is 0 Å². The zero-order chi connectivity index (χ0) is 22.5. The first-order valence-corrected chi connectivity index (χ1v) is 11.5. The van der Waals surface area contributed by atoms with Crippen molar-refractivity contribution in [2.75, 3.05) is 6.61 Å². The predicted octanol–water partition coefficient (Wildman–Crippen LogP) is 6.63. The highest BCUT2D eigenvalue weighted by Gasteiger charge is 2.32. The maximum absolute atomic E-state index is 6.78. The van der Waals surface area contributed by atoms with Gasteiger partial charge in [-0.2, -0.15) is 0 Å². The van der Waals surface area contributed by atoms with Crippen molar-refractivity contribution in [3.8, 4) is 17.2 Å². The Kier molecular flexibility index (Phi) is 12.4. The van der Waals surface area contributed by atoms with Gasteiger partial charge < -0.3 is 20.7 Å². The number of rotatable bonds is 10. The Balaban J connectivity index is 0.00000480. The van der Waals surface area contributed by atoms with Gasteiger partial charge >= 0.3 is 0 Å². The summed E-state index contributed by atoms with van der Waals surface area (Å²) in [5, 5.41) is 0. The normalized spacial score (nSPS) is 11.2. The van der Waals surface area contributed by atoms with Crippen LogP contribution >= 0.6 is 12.4 Å². The van der Waals surface area contributed by atoms with Crippen LogP contribution in [0.2, 0.25) is 0 Å². The monoisotopic (exact) mass is 465 g/mol. The molecule has 0 spiro atoms. The molecule has 0 bridgehead atoms. The molecule has 0 aromatic heterocycles. The fourth-order valence-electron chi connectivity index (χ4n) is 4.24. The Bertz CT molecular complexity index is 827. The zero-order valence-electron chi connectivity index (χ0n) is 21.2. The SMILES string of the molecule is CCOc1c(CC)c(C(C)(C)N)c(CC(C)C)c(CC(C)C)c1Oc1ccccc1.Cl.O. The minimum atomic E-state index is -0.460. The lowest BCUT2D eigenvalue weighted by Gasteiger charge is -2.33. The highest BCUT2D eigenvalue weighted by Crippen LogP contribution is 2.47. The van der Waals surface area contributed by atoms with Gasteiger partial charge in [-0.3, -0.25) is 0 Å². The summed E-state index contributed by atoms with van der Waals surface area (Å²) in [6, 6.07) is 10.0. The van der Waals surface area contributed by atoms with Crippen molar-refractivity contribution in [2.45, 2.75) is 80.2 Å². The molecule has 0 aliphatic rings. The summed E-state index contributed by atoms with van der Waals surface area (Å²) in [5.74, 6) is 3.58. The molecule has 0 atom stereocenters. The molecule has 0 saturated heterocycles. The first-order valence-electron chi connectivity index (χ1n) is 11.5. The van der Waals surface area contributed by atoms with E-state index >= 15 is 0 Å². The van der Waals surface area contributed by atoms with Crippen molar-refractivity contribution in [1.29, 1.82) is 0 Å². The predicted molar refractivity (Wildman–Crippen MR) is 139 cm³/mol. The lowest BCUT2D eigenvalue weighted by Crippen LogP contribution is -2.33. The molecule has 4 nitrogen and oxygen atoms in total. The molecule has 0 heterocycles. The maximum atomic E-state index is 6.78. The molecule has 2 aromatic carbocycles. The number of halogens is 1. The van der Waals surface area contributed by atoms with Crippen LogP contribution in [0.3, 0.4) is 0 Å². The van der Waals surface area contributed by atoms with E-state index in [-0.39, 0.29) is 17.9 Å². The zero-order valence-corrected chi connectivity index (χ0v) is 22.0. The first-order chi connectivity index (χ1) is 14.1. The molecule has 32 heavy (non-hydrogen) atoms. The summed E-state index contributed by atoms with van der Waals surface area (Å²) >= 11 is 0. The molecule has 0 aliphatic heterocycles. The number of ether oxygens (including phenoxy) is 2. The minimum absolute atomic E-state index is 0. The first kappa shape index (κ1) is 30.2.